The highest BCUT2D eigenvalue weighted by Gasteiger charge is 2.32. The zero-order valence-corrected chi connectivity index (χ0v) is 13.0. The number of rotatable bonds is 5. The average molecular weight is 290 g/mol. The first-order valence-electron chi connectivity index (χ1n) is 7.87. The topological polar surface area (TPSA) is 61.4 Å². The number of hydrogen-bond donors (Lipinski definition) is 3. The summed E-state index contributed by atoms with van der Waals surface area (Å²) < 4.78 is 0. The maximum absolute atomic E-state index is 12.0. The van der Waals surface area contributed by atoms with E-state index in [1.165, 1.54) is 25.7 Å². The highest BCUT2D eigenvalue weighted by atomic mass is 16.3. The molecular weight excluding hydrogens is 264 g/mol. The van der Waals surface area contributed by atoms with Crippen LogP contribution in [-0.4, -0.2) is 17.7 Å². The third-order valence-electron chi connectivity index (χ3n) is 4.67. The van der Waals surface area contributed by atoms with Gasteiger partial charge in [0.1, 0.15) is 0 Å². The second-order valence-corrected chi connectivity index (χ2v) is 6.17. The first kappa shape index (κ1) is 15.8. The van der Waals surface area contributed by atoms with Crippen LogP contribution in [0.3, 0.4) is 0 Å². The number of amides is 2. The minimum absolute atomic E-state index is 0.169. The summed E-state index contributed by atoms with van der Waals surface area (Å²) in [6, 6.07) is 7.14. The SMILES string of the molecule is CCC1(CNC(=O)Nc2cccc(C(C)O)c2)CCCC1. The van der Waals surface area contributed by atoms with Gasteiger partial charge in [-0.1, -0.05) is 31.9 Å². The molecule has 1 aromatic rings. The van der Waals surface area contributed by atoms with E-state index < -0.39 is 6.10 Å². The molecule has 4 heteroatoms. The largest absolute Gasteiger partial charge is 0.389 e. The normalized spacial score (nSPS) is 18.2. The molecule has 116 valence electrons. The molecule has 0 saturated heterocycles. The van der Waals surface area contributed by atoms with Crippen molar-refractivity contribution in [3.8, 4) is 0 Å². The van der Waals surface area contributed by atoms with E-state index in [1.54, 1.807) is 13.0 Å². The van der Waals surface area contributed by atoms with Crippen LogP contribution >= 0.6 is 0 Å². The minimum Gasteiger partial charge on any atom is -0.389 e. The third-order valence-corrected chi connectivity index (χ3v) is 4.67. The quantitative estimate of drug-likeness (QED) is 0.771. The Balaban J connectivity index is 1.88. The number of anilines is 1. The van der Waals surface area contributed by atoms with Gasteiger partial charge in [-0.05, 0) is 49.3 Å². The van der Waals surface area contributed by atoms with Crippen LogP contribution < -0.4 is 10.6 Å². The van der Waals surface area contributed by atoms with Gasteiger partial charge in [-0.15, -0.1) is 0 Å². The van der Waals surface area contributed by atoms with Gasteiger partial charge in [0, 0.05) is 12.2 Å². The molecule has 1 aliphatic carbocycles. The number of nitrogens with one attached hydrogen (secondary N) is 2. The summed E-state index contributed by atoms with van der Waals surface area (Å²) in [5, 5.41) is 15.4. The van der Waals surface area contributed by atoms with Crippen molar-refractivity contribution in [2.75, 3.05) is 11.9 Å². The highest BCUT2D eigenvalue weighted by Crippen LogP contribution is 2.40. The smallest absolute Gasteiger partial charge is 0.319 e. The van der Waals surface area contributed by atoms with Crippen molar-refractivity contribution in [3.63, 3.8) is 0 Å². The Morgan fingerprint density at radius 2 is 2.10 bits per heavy atom. The lowest BCUT2D eigenvalue weighted by atomic mass is 9.83. The van der Waals surface area contributed by atoms with Gasteiger partial charge in [0.25, 0.3) is 0 Å². The van der Waals surface area contributed by atoms with Crippen LogP contribution in [0, 0.1) is 5.41 Å². The zero-order chi connectivity index (χ0) is 15.3. The molecule has 4 nitrogen and oxygen atoms in total. The van der Waals surface area contributed by atoms with Gasteiger partial charge in [0.2, 0.25) is 0 Å². The molecule has 1 aliphatic rings. The van der Waals surface area contributed by atoms with Crippen molar-refractivity contribution < 1.29 is 9.90 Å². The molecule has 21 heavy (non-hydrogen) atoms. The molecule has 1 aromatic carbocycles. The summed E-state index contributed by atoms with van der Waals surface area (Å²) in [4.78, 5) is 12.0. The predicted octanol–water partition coefficient (Wildman–Crippen LogP) is 3.83. The van der Waals surface area contributed by atoms with Gasteiger partial charge in [-0.2, -0.15) is 0 Å². The highest BCUT2D eigenvalue weighted by molar-refractivity contribution is 5.89. The van der Waals surface area contributed by atoms with Crippen molar-refractivity contribution in [2.45, 2.75) is 52.1 Å². The molecule has 0 aliphatic heterocycles. The number of aliphatic hydroxyl groups excluding tert-OH is 1. The number of carbonyl (C=O) groups is 1. The van der Waals surface area contributed by atoms with Gasteiger partial charge in [-0.25, -0.2) is 4.79 Å². The maximum atomic E-state index is 12.0. The minimum atomic E-state index is -0.531. The average Bonchev–Trinajstić information content (AvgIpc) is 2.95. The summed E-state index contributed by atoms with van der Waals surface area (Å²) >= 11 is 0. The van der Waals surface area contributed by atoms with Crippen LogP contribution in [0.1, 0.15) is 57.6 Å². The second kappa shape index (κ2) is 6.94. The fraction of sp³-hybridized carbons (Fsp3) is 0.588. The van der Waals surface area contributed by atoms with Crippen LogP contribution in [0.4, 0.5) is 10.5 Å². The first-order chi connectivity index (χ1) is 10.0. The predicted molar refractivity (Wildman–Crippen MR) is 85.3 cm³/mol. The Hall–Kier alpha value is -1.55. The van der Waals surface area contributed by atoms with Crippen LogP contribution in [0.5, 0.6) is 0 Å². The van der Waals surface area contributed by atoms with Crippen molar-refractivity contribution in [1.82, 2.24) is 5.32 Å². The van der Waals surface area contributed by atoms with Crippen LogP contribution in [-0.2, 0) is 0 Å². The van der Waals surface area contributed by atoms with E-state index in [-0.39, 0.29) is 6.03 Å². The number of carbonyl (C=O) groups excluding carboxylic acids is 1. The molecule has 1 unspecified atom stereocenters. The standard InChI is InChI=1S/C17H26N2O2/c1-3-17(9-4-5-10-17)12-18-16(21)19-15-8-6-7-14(11-15)13(2)20/h6-8,11,13,20H,3-5,9-10,12H2,1-2H3,(H2,18,19,21). The lowest BCUT2D eigenvalue weighted by Crippen LogP contribution is -2.38. The molecule has 0 bridgehead atoms. The van der Waals surface area contributed by atoms with E-state index in [4.69, 9.17) is 0 Å². The van der Waals surface area contributed by atoms with E-state index in [0.717, 1.165) is 18.5 Å². The Morgan fingerprint density at radius 3 is 2.71 bits per heavy atom. The Morgan fingerprint density at radius 1 is 1.38 bits per heavy atom. The molecule has 3 N–H and O–H groups in total. The van der Waals surface area contributed by atoms with E-state index in [2.05, 4.69) is 17.6 Å². The Bertz CT molecular complexity index is 479. The molecule has 0 spiro atoms. The summed E-state index contributed by atoms with van der Waals surface area (Å²) in [7, 11) is 0. The molecular formula is C17H26N2O2. The number of urea groups is 1. The van der Waals surface area contributed by atoms with Gasteiger partial charge < -0.3 is 15.7 Å². The third kappa shape index (κ3) is 4.21. The summed E-state index contributed by atoms with van der Waals surface area (Å²) in [6.07, 6.45) is 5.55. The summed E-state index contributed by atoms with van der Waals surface area (Å²) in [6.45, 7) is 4.66. The number of hydrogen-bond acceptors (Lipinski definition) is 2. The Labute approximate surface area is 126 Å². The summed E-state index contributed by atoms with van der Waals surface area (Å²) in [5.74, 6) is 0. The molecule has 0 heterocycles. The van der Waals surface area contributed by atoms with Gasteiger partial charge in [0.15, 0.2) is 0 Å². The molecule has 1 fully saturated rings. The number of aliphatic hydroxyl groups is 1. The molecule has 0 radical (unpaired) electrons. The zero-order valence-electron chi connectivity index (χ0n) is 13.0. The van der Waals surface area contributed by atoms with Gasteiger partial charge in [-0.3, -0.25) is 0 Å². The van der Waals surface area contributed by atoms with Crippen molar-refractivity contribution in [3.05, 3.63) is 29.8 Å². The van der Waals surface area contributed by atoms with E-state index >= 15 is 0 Å². The van der Waals surface area contributed by atoms with Crippen LogP contribution in [0.2, 0.25) is 0 Å². The molecule has 0 aromatic heterocycles. The van der Waals surface area contributed by atoms with Gasteiger partial charge >= 0.3 is 6.03 Å². The van der Waals surface area contributed by atoms with Gasteiger partial charge in [0.05, 0.1) is 6.10 Å². The fourth-order valence-corrected chi connectivity index (χ4v) is 3.10. The van der Waals surface area contributed by atoms with Crippen molar-refractivity contribution in [2.24, 2.45) is 5.41 Å². The lowest BCUT2D eigenvalue weighted by Gasteiger charge is -2.27. The van der Waals surface area contributed by atoms with Crippen molar-refractivity contribution in [1.29, 1.82) is 0 Å². The fourth-order valence-electron chi connectivity index (χ4n) is 3.10. The van der Waals surface area contributed by atoms with Crippen molar-refractivity contribution >= 4 is 11.7 Å². The Kier molecular flexibility index (Phi) is 5.23. The lowest BCUT2D eigenvalue weighted by molar-refractivity contribution is 0.199. The molecule has 2 amide bonds. The van der Waals surface area contributed by atoms with Crippen LogP contribution in [0.15, 0.2) is 24.3 Å². The summed E-state index contributed by atoms with van der Waals surface area (Å²) in [5.41, 5.74) is 1.80. The maximum Gasteiger partial charge on any atom is 0.319 e. The molecule has 2 rings (SSSR count). The van der Waals surface area contributed by atoms with Crippen LogP contribution in [0.25, 0.3) is 0 Å². The first-order valence-corrected chi connectivity index (χ1v) is 7.87. The van der Waals surface area contributed by atoms with E-state index in [9.17, 15) is 9.90 Å². The number of benzene rings is 1. The molecule has 1 atom stereocenters. The monoisotopic (exact) mass is 290 g/mol. The van der Waals surface area contributed by atoms with E-state index in [1.807, 2.05) is 18.2 Å². The second-order valence-electron chi connectivity index (χ2n) is 6.17. The molecule has 1 saturated carbocycles. The van der Waals surface area contributed by atoms with E-state index in [0.29, 0.717) is 11.1 Å².